The number of carbonyl (C=O) groups is 1. The van der Waals surface area contributed by atoms with Crippen LogP contribution in [0.4, 0.5) is 0 Å². The van der Waals surface area contributed by atoms with E-state index in [1.807, 2.05) is 0 Å². The normalized spacial score (nSPS) is 22.0. The zero-order chi connectivity index (χ0) is 10.1. The van der Waals surface area contributed by atoms with E-state index in [1.165, 1.54) is 0 Å². The minimum absolute atomic E-state index is 0.182. The standard InChI is InChI=1S/C8H10ClN3OS/c1-5-2-7(13)12(3-5)4-6-8(9)14-11-10-6/h5H,2-4H2,1H3. The van der Waals surface area contributed by atoms with Crippen LogP contribution in [0.1, 0.15) is 19.0 Å². The molecule has 0 saturated carbocycles. The Hall–Kier alpha value is -0.680. The van der Waals surface area contributed by atoms with E-state index in [1.54, 1.807) is 4.90 Å². The average Bonchev–Trinajstić information content (AvgIpc) is 2.62. The fourth-order valence-electron chi connectivity index (χ4n) is 1.59. The summed E-state index contributed by atoms with van der Waals surface area (Å²) >= 11 is 7.01. The van der Waals surface area contributed by atoms with Gasteiger partial charge in [-0.05, 0) is 5.92 Å². The van der Waals surface area contributed by atoms with Gasteiger partial charge in [0.25, 0.3) is 0 Å². The highest BCUT2D eigenvalue weighted by Crippen LogP contribution is 2.23. The molecular weight excluding hydrogens is 222 g/mol. The minimum Gasteiger partial charge on any atom is -0.336 e. The molecule has 0 bridgehead atoms. The Balaban J connectivity index is 2.05. The van der Waals surface area contributed by atoms with Gasteiger partial charge in [0.1, 0.15) is 10.0 Å². The third kappa shape index (κ3) is 1.88. The Kier molecular flexibility index (Phi) is 2.69. The molecule has 0 radical (unpaired) electrons. The van der Waals surface area contributed by atoms with E-state index in [4.69, 9.17) is 11.6 Å². The van der Waals surface area contributed by atoms with Crippen molar-refractivity contribution in [3.63, 3.8) is 0 Å². The molecule has 14 heavy (non-hydrogen) atoms. The highest BCUT2D eigenvalue weighted by molar-refractivity contribution is 7.10. The summed E-state index contributed by atoms with van der Waals surface area (Å²) in [6.07, 6.45) is 0.634. The van der Waals surface area contributed by atoms with Crippen LogP contribution >= 0.6 is 23.1 Å². The Labute approximate surface area is 91.0 Å². The third-order valence-corrected chi connectivity index (χ3v) is 3.24. The molecule has 0 spiro atoms. The molecule has 1 fully saturated rings. The maximum Gasteiger partial charge on any atom is 0.223 e. The smallest absolute Gasteiger partial charge is 0.223 e. The van der Waals surface area contributed by atoms with Crippen LogP contribution in [0, 0.1) is 5.92 Å². The fourth-order valence-corrected chi connectivity index (χ4v) is 2.21. The van der Waals surface area contributed by atoms with Crippen molar-refractivity contribution < 1.29 is 4.79 Å². The second kappa shape index (κ2) is 3.82. The predicted octanol–water partition coefficient (Wildman–Crippen LogP) is 1.56. The quantitative estimate of drug-likeness (QED) is 0.776. The van der Waals surface area contributed by atoms with Crippen molar-refractivity contribution in [3.8, 4) is 0 Å². The summed E-state index contributed by atoms with van der Waals surface area (Å²) in [6, 6.07) is 0. The first-order valence-electron chi connectivity index (χ1n) is 4.41. The summed E-state index contributed by atoms with van der Waals surface area (Å²) in [6.45, 7) is 3.37. The summed E-state index contributed by atoms with van der Waals surface area (Å²) in [5.41, 5.74) is 0.708. The van der Waals surface area contributed by atoms with Crippen LogP contribution in [0.3, 0.4) is 0 Å². The summed E-state index contributed by atoms with van der Waals surface area (Å²) in [5.74, 6) is 0.620. The van der Waals surface area contributed by atoms with Crippen LogP contribution in [0.2, 0.25) is 4.34 Å². The Bertz CT molecular complexity index is 354. The van der Waals surface area contributed by atoms with Crippen LogP contribution < -0.4 is 0 Å². The number of aromatic nitrogens is 2. The number of nitrogens with zero attached hydrogens (tertiary/aromatic N) is 3. The molecule has 1 unspecified atom stereocenters. The van der Waals surface area contributed by atoms with Gasteiger partial charge in [-0.2, -0.15) is 0 Å². The molecule has 2 heterocycles. The van der Waals surface area contributed by atoms with Gasteiger partial charge in [0.2, 0.25) is 5.91 Å². The van der Waals surface area contributed by atoms with Crippen molar-refractivity contribution in [1.82, 2.24) is 14.5 Å². The van der Waals surface area contributed by atoms with Crippen molar-refractivity contribution in [2.75, 3.05) is 6.54 Å². The Morgan fingerprint density at radius 3 is 3.00 bits per heavy atom. The van der Waals surface area contributed by atoms with Crippen LogP contribution in [0.25, 0.3) is 0 Å². The molecule has 1 amide bonds. The first kappa shape index (κ1) is 9.86. The molecule has 1 atom stereocenters. The van der Waals surface area contributed by atoms with Gasteiger partial charge in [-0.15, -0.1) is 5.10 Å². The maximum atomic E-state index is 11.5. The first-order chi connectivity index (χ1) is 6.66. The minimum atomic E-state index is 0.182. The van der Waals surface area contributed by atoms with Crippen molar-refractivity contribution >= 4 is 29.0 Å². The molecule has 1 aliphatic rings. The zero-order valence-electron chi connectivity index (χ0n) is 7.73. The summed E-state index contributed by atoms with van der Waals surface area (Å²) in [4.78, 5) is 13.2. The lowest BCUT2D eigenvalue weighted by molar-refractivity contribution is -0.128. The Morgan fingerprint density at radius 1 is 1.71 bits per heavy atom. The zero-order valence-corrected chi connectivity index (χ0v) is 9.31. The van der Waals surface area contributed by atoms with Gasteiger partial charge in [-0.25, -0.2) is 0 Å². The van der Waals surface area contributed by atoms with E-state index in [2.05, 4.69) is 16.5 Å². The summed E-state index contributed by atoms with van der Waals surface area (Å²) in [5, 5.41) is 3.88. The first-order valence-corrected chi connectivity index (χ1v) is 5.56. The van der Waals surface area contributed by atoms with E-state index in [0.29, 0.717) is 28.9 Å². The fraction of sp³-hybridized carbons (Fsp3) is 0.625. The molecule has 0 N–H and O–H groups in total. The van der Waals surface area contributed by atoms with Crippen LogP contribution in [0.5, 0.6) is 0 Å². The van der Waals surface area contributed by atoms with E-state index < -0.39 is 0 Å². The van der Waals surface area contributed by atoms with Crippen LogP contribution in [-0.4, -0.2) is 26.9 Å². The predicted molar refractivity (Wildman–Crippen MR) is 54.1 cm³/mol. The van der Waals surface area contributed by atoms with Gasteiger partial charge in [0.05, 0.1) is 6.54 Å². The second-order valence-corrected chi connectivity index (χ2v) is 4.93. The molecule has 1 aromatic rings. The van der Waals surface area contributed by atoms with E-state index >= 15 is 0 Å². The SMILES string of the molecule is CC1CC(=O)N(Cc2nnsc2Cl)C1. The number of hydrogen-bond acceptors (Lipinski definition) is 4. The molecular formula is C8H10ClN3OS. The number of likely N-dealkylation sites (tertiary alicyclic amines) is 1. The molecule has 0 aliphatic carbocycles. The van der Waals surface area contributed by atoms with Gasteiger partial charge in [-0.3, -0.25) is 4.79 Å². The van der Waals surface area contributed by atoms with E-state index in [-0.39, 0.29) is 5.91 Å². The molecule has 4 nitrogen and oxygen atoms in total. The van der Waals surface area contributed by atoms with Gasteiger partial charge in [-0.1, -0.05) is 23.0 Å². The monoisotopic (exact) mass is 231 g/mol. The summed E-state index contributed by atoms with van der Waals surface area (Å²) < 4.78 is 4.31. The van der Waals surface area contributed by atoms with Crippen molar-refractivity contribution in [1.29, 1.82) is 0 Å². The van der Waals surface area contributed by atoms with E-state index in [0.717, 1.165) is 18.1 Å². The molecule has 2 rings (SSSR count). The average molecular weight is 232 g/mol. The van der Waals surface area contributed by atoms with Crippen molar-refractivity contribution in [2.45, 2.75) is 19.9 Å². The number of hydrogen-bond donors (Lipinski definition) is 0. The lowest BCUT2D eigenvalue weighted by Crippen LogP contribution is -2.24. The molecule has 6 heteroatoms. The summed E-state index contributed by atoms with van der Waals surface area (Å²) in [7, 11) is 0. The number of carbonyl (C=O) groups excluding carboxylic acids is 1. The lowest BCUT2D eigenvalue weighted by Gasteiger charge is -2.13. The molecule has 1 aromatic heterocycles. The topological polar surface area (TPSA) is 46.1 Å². The molecule has 76 valence electrons. The van der Waals surface area contributed by atoms with Gasteiger partial charge >= 0.3 is 0 Å². The lowest BCUT2D eigenvalue weighted by atomic mass is 10.2. The number of rotatable bonds is 2. The largest absolute Gasteiger partial charge is 0.336 e. The molecule has 0 aromatic carbocycles. The molecule has 1 aliphatic heterocycles. The third-order valence-electron chi connectivity index (χ3n) is 2.26. The van der Waals surface area contributed by atoms with Crippen molar-refractivity contribution in [2.24, 2.45) is 5.92 Å². The van der Waals surface area contributed by atoms with Gasteiger partial charge in [0.15, 0.2) is 0 Å². The highest BCUT2D eigenvalue weighted by Gasteiger charge is 2.27. The number of amides is 1. The van der Waals surface area contributed by atoms with Crippen LogP contribution in [0.15, 0.2) is 0 Å². The molecule has 1 saturated heterocycles. The number of halogens is 1. The van der Waals surface area contributed by atoms with Gasteiger partial charge < -0.3 is 4.90 Å². The maximum absolute atomic E-state index is 11.5. The Morgan fingerprint density at radius 2 is 2.50 bits per heavy atom. The second-order valence-electron chi connectivity index (χ2n) is 3.58. The van der Waals surface area contributed by atoms with Crippen molar-refractivity contribution in [3.05, 3.63) is 10.0 Å². The van der Waals surface area contributed by atoms with E-state index in [9.17, 15) is 4.79 Å². The van der Waals surface area contributed by atoms with Crippen LogP contribution in [-0.2, 0) is 11.3 Å². The van der Waals surface area contributed by atoms with Gasteiger partial charge in [0, 0.05) is 24.5 Å². The highest BCUT2D eigenvalue weighted by atomic mass is 35.5.